The number of imide groups is 2. The number of aromatic nitrogens is 3. The Hall–Kier alpha value is -5.68. The van der Waals surface area contributed by atoms with Crippen LogP contribution in [0.15, 0.2) is 54.7 Å². The SMILES string of the molecule is CN(C[C@H]1CC[C@H](n2cc3cc(NC(=O)c4cccc(C(F)(F)F)n4)c(C(C)(C)O)cc3n2)CC1)[C@H]1CCC2(CC1)C[C@H](Nc1cccc3c1C(=O)N(C1CCC(=O)NC1=O)C3=O)C2. The minimum atomic E-state index is -4.70. The second kappa shape index (κ2) is 16.4. The highest BCUT2D eigenvalue weighted by atomic mass is 19.4. The number of hydrogen-bond acceptors (Lipinski definition) is 10. The van der Waals surface area contributed by atoms with E-state index in [-0.39, 0.29) is 47.3 Å². The number of nitrogens with zero attached hydrogens (tertiary/aromatic N) is 5. The van der Waals surface area contributed by atoms with Gasteiger partial charge in [-0.15, -0.1) is 0 Å². The Morgan fingerprint density at radius 1 is 0.938 bits per heavy atom. The maximum atomic E-state index is 13.6. The van der Waals surface area contributed by atoms with Crippen molar-refractivity contribution in [3.8, 4) is 0 Å². The van der Waals surface area contributed by atoms with Gasteiger partial charge in [-0.05, 0) is 139 Å². The highest BCUT2D eigenvalue weighted by Gasteiger charge is 2.49. The smallest absolute Gasteiger partial charge is 0.386 e. The maximum Gasteiger partial charge on any atom is 0.433 e. The number of aliphatic hydroxyl groups is 1. The number of fused-ring (bicyclic) bond motifs is 2. The number of carbonyl (C=O) groups excluding carboxylic acids is 5. The van der Waals surface area contributed by atoms with Crippen LogP contribution < -0.4 is 16.0 Å². The highest BCUT2D eigenvalue weighted by Crippen LogP contribution is 2.53. The number of carbonyl (C=O) groups is 5. The highest BCUT2D eigenvalue weighted by molar-refractivity contribution is 6.25. The molecule has 3 aliphatic carbocycles. The molecule has 4 fully saturated rings. The molecule has 0 radical (unpaired) electrons. The minimum absolute atomic E-state index is 0.0751. The van der Waals surface area contributed by atoms with Gasteiger partial charge in [0.05, 0.1) is 28.3 Å². The first kappa shape index (κ1) is 43.6. The predicted octanol–water partition coefficient (Wildman–Crippen LogP) is 7.20. The summed E-state index contributed by atoms with van der Waals surface area (Å²) in [5, 5.41) is 25.1. The average molecular weight is 883 g/mol. The number of alkyl halides is 3. The van der Waals surface area contributed by atoms with Crippen molar-refractivity contribution in [3.05, 3.63) is 82.8 Å². The van der Waals surface area contributed by atoms with Crippen LogP contribution in [0.1, 0.15) is 139 Å². The van der Waals surface area contributed by atoms with E-state index in [4.69, 9.17) is 5.10 Å². The summed E-state index contributed by atoms with van der Waals surface area (Å²) in [5.41, 5.74) is -0.192. The number of benzene rings is 2. The molecule has 3 saturated carbocycles. The number of hydrogen-bond donors (Lipinski definition) is 4. The van der Waals surface area contributed by atoms with Gasteiger partial charge in [0.15, 0.2) is 0 Å². The van der Waals surface area contributed by atoms with E-state index in [0.717, 1.165) is 93.2 Å². The van der Waals surface area contributed by atoms with Crippen LogP contribution in [0.5, 0.6) is 0 Å². The van der Waals surface area contributed by atoms with Gasteiger partial charge in [-0.2, -0.15) is 18.3 Å². The number of amides is 5. The predicted molar refractivity (Wildman–Crippen MR) is 230 cm³/mol. The first-order valence-electron chi connectivity index (χ1n) is 22.3. The van der Waals surface area contributed by atoms with E-state index in [9.17, 15) is 42.3 Å². The van der Waals surface area contributed by atoms with Gasteiger partial charge in [0.1, 0.15) is 17.4 Å². The molecule has 4 heterocycles. The molecule has 2 aliphatic heterocycles. The van der Waals surface area contributed by atoms with E-state index in [0.29, 0.717) is 34.3 Å². The zero-order valence-electron chi connectivity index (χ0n) is 36.1. The zero-order chi connectivity index (χ0) is 45.3. The third kappa shape index (κ3) is 8.39. The van der Waals surface area contributed by atoms with Gasteiger partial charge in [-0.1, -0.05) is 12.1 Å². The van der Waals surface area contributed by atoms with Gasteiger partial charge in [0.25, 0.3) is 17.7 Å². The standard InChI is InChI=1S/C47H53F3N8O6/c1-45(2,64)32-21-35-27(20-36(32)53-41(60)34-8-5-9-38(52-34)47(48,49)50)25-57(55-35)30-12-10-26(11-13-30)24-56(3)29-16-18-46(19-17-29)22-28(23-46)51-33-7-4-6-31-40(33)44(63)58(43(31)62)37-14-15-39(59)54-42(37)61/h4-9,20-21,25-26,28-30,37,51,64H,10-19,22-24H2,1-3H3,(H,53,60)(H,54,59,61)/t26-,28-,29-,30-,37?,46?. The largest absolute Gasteiger partial charge is 0.433 e. The lowest BCUT2D eigenvalue weighted by Gasteiger charge is -2.53. The Bertz CT molecular complexity index is 2530. The summed E-state index contributed by atoms with van der Waals surface area (Å²) in [6, 6.07) is 11.6. The summed E-state index contributed by atoms with van der Waals surface area (Å²) in [6.45, 7) is 4.17. The number of piperidine rings is 1. The molecule has 5 amide bonds. The molecule has 64 heavy (non-hydrogen) atoms. The lowest BCUT2D eigenvalue weighted by Crippen LogP contribution is -2.54. The minimum Gasteiger partial charge on any atom is -0.386 e. The van der Waals surface area contributed by atoms with Crippen molar-refractivity contribution in [2.24, 2.45) is 11.3 Å². The Morgan fingerprint density at radius 2 is 1.66 bits per heavy atom. The first-order chi connectivity index (χ1) is 30.4. The fourth-order valence-corrected chi connectivity index (χ4v) is 10.9. The summed E-state index contributed by atoms with van der Waals surface area (Å²) in [5.74, 6) is -2.29. The average Bonchev–Trinajstić information content (AvgIpc) is 3.77. The van der Waals surface area contributed by atoms with E-state index in [1.165, 1.54) is 6.07 Å². The van der Waals surface area contributed by atoms with Crippen LogP contribution in [0.4, 0.5) is 24.5 Å². The number of anilines is 2. The third-order valence-corrected chi connectivity index (χ3v) is 14.4. The lowest BCUT2D eigenvalue weighted by atomic mass is 9.57. The maximum absolute atomic E-state index is 13.6. The quantitative estimate of drug-likeness (QED) is 0.119. The molecule has 0 bridgehead atoms. The van der Waals surface area contributed by atoms with E-state index >= 15 is 0 Å². The van der Waals surface area contributed by atoms with Gasteiger partial charge >= 0.3 is 6.18 Å². The summed E-state index contributed by atoms with van der Waals surface area (Å²) in [7, 11) is 2.24. The molecule has 17 heteroatoms. The summed E-state index contributed by atoms with van der Waals surface area (Å²) in [6.07, 6.45) is 7.94. The number of pyridine rings is 1. The van der Waals surface area contributed by atoms with Crippen LogP contribution in [0.3, 0.4) is 0 Å². The number of rotatable bonds is 10. The third-order valence-electron chi connectivity index (χ3n) is 14.4. The molecule has 1 atom stereocenters. The van der Waals surface area contributed by atoms with Crippen LogP contribution in [0, 0.1) is 11.3 Å². The summed E-state index contributed by atoms with van der Waals surface area (Å²) < 4.78 is 41.8. The van der Waals surface area contributed by atoms with E-state index in [2.05, 4.69) is 32.9 Å². The molecule has 5 aliphatic rings. The molecule has 1 unspecified atom stereocenters. The Kier molecular flexibility index (Phi) is 11.2. The molecule has 14 nitrogen and oxygen atoms in total. The topological polar surface area (TPSA) is 179 Å². The van der Waals surface area contributed by atoms with Crippen molar-refractivity contribution in [1.82, 2.24) is 29.9 Å². The van der Waals surface area contributed by atoms with E-state index < -0.39 is 53.0 Å². The van der Waals surface area contributed by atoms with Crippen LogP contribution >= 0.6 is 0 Å². The van der Waals surface area contributed by atoms with Crippen LogP contribution in [-0.4, -0.2) is 90.9 Å². The van der Waals surface area contributed by atoms with Crippen molar-refractivity contribution in [1.29, 1.82) is 0 Å². The van der Waals surface area contributed by atoms with Crippen molar-refractivity contribution < 1.29 is 42.3 Å². The van der Waals surface area contributed by atoms with Gasteiger partial charge < -0.3 is 20.6 Å². The normalized spacial score (nSPS) is 26.3. The molecule has 338 valence electrons. The van der Waals surface area contributed by atoms with Crippen LogP contribution in [0.2, 0.25) is 0 Å². The van der Waals surface area contributed by atoms with Gasteiger partial charge in [-0.25, -0.2) is 4.98 Å². The monoisotopic (exact) mass is 882 g/mol. The van der Waals surface area contributed by atoms with Crippen molar-refractivity contribution in [3.63, 3.8) is 0 Å². The number of halogens is 3. The van der Waals surface area contributed by atoms with Gasteiger partial charge in [0, 0.05) is 53.6 Å². The second-order valence-electron chi connectivity index (χ2n) is 19.3. The van der Waals surface area contributed by atoms with Gasteiger partial charge in [0.2, 0.25) is 11.8 Å². The fraction of sp³-hybridized carbons (Fsp3) is 0.511. The van der Waals surface area contributed by atoms with Crippen molar-refractivity contribution in [2.45, 2.75) is 127 Å². The van der Waals surface area contributed by atoms with E-state index in [1.54, 1.807) is 38.1 Å². The Morgan fingerprint density at radius 3 is 2.34 bits per heavy atom. The van der Waals surface area contributed by atoms with E-state index in [1.807, 2.05) is 16.9 Å². The second-order valence-corrected chi connectivity index (χ2v) is 19.3. The molecule has 4 N–H and O–H groups in total. The lowest BCUT2D eigenvalue weighted by molar-refractivity contribution is -0.141. The fourth-order valence-electron chi connectivity index (χ4n) is 10.9. The molecule has 2 aromatic heterocycles. The molecule has 2 aromatic carbocycles. The zero-order valence-corrected chi connectivity index (χ0v) is 36.1. The number of nitrogens with one attached hydrogen (secondary N) is 3. The summed E-state index contributed by atoms with van der Waals surface area (Å²) in [4.78, 5) is 71.3. The first-order valence-corrected chi connectivity index (χ1v) is 22.3. The molecule has 4 aromatic rings. The van der Waals surface area contributed by atoms with Crippen molar-refractivity contribution >= 4 is 51.8 Å². The molecular formula is C47H53F3N8O6. The molecule has 1 saturated heterocycles. The molecular weight excluding hydrogens is 830 g/mol. The molecule has 1 spiro atoms. The van der Waals surface area contributed by atoms with Crippen LogP contribution in [-0.2, 0) is 21.4 Å². The Labute approximate surface area is 368 Å². The Balaban J connectivity index is 0.759. The van der Waals surface area contributed by atoms with Gasteiger partial charge in [-0.3, -0.25) is 38.9 Å². The molecule has 9 rings (SSSR count). The van der Waals surface area contributed by atoms with Crippen molar-refractivity contribution in [2.75, 3.05) is 24.2 Å². The van der Waals surface area contributed by atoms with Crippen LogP contribution in [0.25, 0.3) is 10.9 Å². The summed E-state index contributed by atoms with van der Waals surface area (Å²) >= 11 is 0.